The smallest absolute Gasteiger partial charge is 0.287 e. The molecule has 0 amide bonds. The fraction of sp³-hybridized carbons (Fsp3) is 0. The van der Waals surface area contributed by atoms with E-state index in [0.717, 1.165) is 11.6 Å². The standard InChI is InChI=1S/C15H11ClN4O2S/c16-11-7-8-18-9-14(11)23(21,22)20-15(17)13-6-5-10-3-1-2-4-12(10)19-13/h1-9H,(H2,17,20). The first-order chi connectivity index (χ1) is 11.0. The van der Waals surface area contributed by atoms with Crippen LogP contribution >= 0.6 is 11.6 Å². The number of sulfonamides is 1. The first kappa shape index (κ1) is 15.4. The third-order valence-corrected chi connectivity index (χ3v) is 4.85. The van der Waals surface area contributed by atoms with Crippen LogP contribution in [-0.2, 0) is 10.0 Å². The minimum absolute atomic E-state index is 0.0306. The van der Waals surface area contributed by atoms with Gasteiger partial charge in [-0.1, -0.05) is 35.9 Å². The molecule has 0 spiro atoms. The van der Waals surface area contributed by atoms with Gasteiger partial charge in [-0.2, -0.15) is 8.42 Å². The molecule has 0 bridgehead atoms. The van der Waals surface area contributed by atoms with Gasteiger partial charge in [-0.25, -0.2) is 4.98 Å². The molecule has 8 heteroatoms. The summed E-state index contributed by atoms with van der Waals surface area (Å²) in [5, 5.41) is 0.949. The molecule has 2 aromatic heterocycles. The Morgan fingerprint density at radius 3 is 2.70 bits per heavy atom. The predicted molar refractivity (Wildman–Crippen MR) is 88.9 cm³/mol. The van der Waals surface area contributed by atoms with Gasteiger partial charge < -0.3 is 5.73 Å². The summed E-state index contributed by atoms with van der Waals surface area (Å²) in [6.07, 6.45) is 2.52. The maximum Gasteiger partial charge on any atom is 0.287 e. The number of rotatable bonds is 3. The van der Waals surface area contributed by atoms with Crippen LogP contribution < -0.4 is 5.73 Å². The Morgan fingerprint density at radius 2 is 1.91 bits per heavy atom. The molecule has 3 rings (SSSR count). The van der Waals surface area contributed by atoms with Gasteiger partial charge in [0, 0.05) is 17.8 Å². The largest absolute Gasteiger partial charge is 0.381 e. The number of pyridine rings is 2. The fourth-order valence-corrected chi connectivity index (χ4v) is 3.34. The number of hydrogen-bond donors (Lipinski definition) is 1. The number of aromatic nitrogens is 2. The Bertz CT molecular complexity index is 1020. The van der Waals surface area contributed by atoms with Crippen molar-refractivity contribution < 1.29 is 8.42 Å². The van der Waals surface area contributed by atoms with Crippen molar-refractivity contribution >= 4 is 38.4 Å². The van der Waals surface area contributed by atoms with Gasteiger partial charge in [0.1, 0.15) is 10.6 Å². The molecule has 116 valence electrons. The van der Waals surface area contributed by atoms with Gasteiger partial charge in [0.25, 0.3) is 10.0 Å². The topological polar surface area (TPSA) is 98.3 Å². The SMILES string of the molecule is N/C(=N\S(=O)(=O)c1cnccc1Cl)c1ccc2ccccc2n1. The maximum absolute atomic E-state index is 12.3. The number of para-hydroxylation sites is 1. The molecule has 23 heavy (non-hydrogen) atoms. The highest BCUT2D eigenvalue weighted by Gasteiger charge is 2.18. The summed E-state index contributed by atoms with van der Waals surface area (Å²) in [5.41, 5.74) is 6.77. The average Bonchev–Trinajstić information content (AvgIpc) is 2.54. The van der Waals surface area contributed by atoms with Crippen molar-refractivity contribution in [2.75, 3.05) is 0 Å². The normalized spacial score (nSPS) is 12.5. The van der Waals surface area contributed by atoms with Gasteiger partial charge in [-0.15, -0.1) is 4.40 Å². The lowest BCUT2D eigenvalue weighted by Gasteiger charge is -2.04. The Balaban J connectivity index is 2.05. The lowest BCUT2D eigenvalue weighted by molar-refractivity contribution is 0.597. The van der Waals surface area contributed by atoms with Gasteiger partial charge in [0.2, 0.25) is 0 Å². The molecule has 1 aromatic carbocycles. The highest BCUT2D eigenvalue weighted by atomic mass is 35.5. The van der Waals surface area contributed by atoms with Gasteiger partial charge in [0.05, 0.1) is 10.5 Å². The highest BCUT2D eigenvalue weighted by molar-refractivity contribution is 7.90. The van der Waals surface area contributed by atoms with Crippen LogP contribution in [0.4, 0.5) is 0 Å². The van der Waals surface area contributed by atoms with Crippen LogP contribution in [0.1, 0.15) is 5.69 Å². The van der Waals surface area contributed by atoms with E-state index in [2.05, 4.69) is 14.4 Å². The summed E-state index contributed by atoms with van der Waals surface area (Å²) in [6.45, 7) is 0. The number of amidine groups is 1. The van der Waals surface area contributed by atoms with E-state index in [1.807, 2.05) is 18.2 Å². The van der Waals surface area contributed by atoms with Crippen LogP contribution in [0.5, 0.6) is 0 Å². The molecule has 0 saturated carbocycles. The minimum atomic E-state index is -4.06. The first-order valence-electron chi connectivity index (χ1n) is 6.53. The summed E-state index contributed by atoms with van der Waals surface area (Å²) in [5.74, 6) is -0.212. The Hall–Kier alpha value is -2.51. The molecule has 0 fully saturated rings. The maximum atomic E-state index is 12.3. The van der Waals surface area contributed by atoms with E-state index in [-0.39, 0.29) is 21.4 Å². The van der Waals surface area contributed by atoms with Crippen LogP contribution in [0.25, 0.3) is 10.9 Å². The Labute approximate surface area is 137 Å². The van der Waals surface area contributed by atoms with E-state index in [4.69, 9.17) is 17.3 Å². The van der Waals surface area contributed by atoms with Crippen molar-refractivity contribution in [3.8, 4) is 0 Å². The zero-order chi connectivity index (χ0) is 16.4. The van der Waals surface area contributed by atoms with Crippen molar-refractivity contribution in [2.24, 2.45) is 10.1 Å². The number of halogens is 1. The fourth-order valence-electron chi connectivity index (χ4n) is 1.99. The number of nitrogens with two attached hydrogens (primary N) is 1. The molecule has 2 N–H and O–H groups in total. The van der Waals surface area contributed by atoms with Crippen LogP contribution in [0.3, 0.4) is 0 Å². The number of hydrogen-bond acceptors (Lipinski definition) is 4. The quantitative estimate of drug-likeness (QED) is 0.580. The minimum Gasteiger partial charge on any atom is -0.381 e. The van der Waals surface area contributed by atoms with Crippen LogP contribution in [-0.4, -0.2) is 24.2 Å². The summed E-state index contributed by atoms with van der Waals surface area (Å²) < 4.78 is 28.2. The lowest BCUT2D eigenvalue weighted by Crippen LogP contribution is -2.17. The molecule has 0 unspecified atom stereocenters. The van der Waals surface area contributed by atoms with Gasteiger partial charge in [-0.05, 0) is 18.2 Å². The molecule has 3 aromatic rings. The van der Waals surface area contributed by atoms with Crippen molar-refractivity contribution in [3.63, 3.8) is 0 Å². The van der Waals surface area contributed by atoms with Crippen LogP contribution in [0.2, 0.25) is 5.02 Å². The van der Waals surface area contributed by atoms with E-state index >= 15 is 0 Å². The highest BCUT2D eigenvalue weighted by Crippen LogP contribution is 2.21. The van der Waals surface area contributed by atoms with E-state index < -0.39 is 10.0 Å². The molecule has 2 heterocycles. The second-order valence-electron chi connectivity index (χ2n) is 4.65. The van der Waals surface area contributed by atoms with Crippen molar-refractivity contribution in [1.29, 1.82) is 0 Å². The first-order valence-corrected chi connectivity index (χ1v) is 8.35. The predicted octanol–water partition coefficient (Wildman–Crippen LogP) is 2.38. The average molecular weight is 347 g/mol. The summed E-state index contributed by atoms with van der Waals surface area (Å²) in [6, 6.07) is 12.2. The van der Waals surface area contributed by atoms with Crippen molar-refractivity contribution in [1.82, 2.24) is 9.97 Å². The summed E-state index contributed by atoms with van der Waals surface area (Å²) >= 11 is 5.87. The molecular formula is C15H11ClN4O2S. The Kier molecular flexibility index (Phi) is 3.97. The monoisotopic (exact) mass is 346 g/mol. The molecule has 0 radical (unpaired) electrons. The number of nitrogens with zero attached hydrogens (tertiary/aromatic N) is 3. The van der Waals surface area contributed by atoms with E-state index in [9.17, 15) is 8.42 Å². The van der Waals surface area contributed by atoms with Crippen molar-refractivity contribution in [3.05, 3.63) is 65.6 Å². The molecule has 0 aliphatic rings. The van der Waals surface area contributed by atoms with Crippen LogP contribution in [0.15, 0.2) is 64.2 Å². The van der Waals surface area contributed by atoms with Crippen molar-refractivity contribution in [2.45, 2.75) is 4.90 Å². The lowest BCUT2D eigenvalue weighted by atomic mass is 10.2. The zero-order valence-corrected chi connectivity index (χ0v) is 13.3. The molecule has 6 nitrogen and oxygen atoms in total. The number of fused-ring (bicyclic) bond motifs is 1. The van der Waals surface area contributed by atoms with Crippen LogP contribution in [0, 0.1) is 0 Å². The van der Waals surface area contributed by atoms with E-state index in [1.54, 1.807) is 18.2 Å². The van der Waals surface area contributed by atoms with E-state index in [1.165, 1.54) is 12.3 Å². The number of benzene rings is 1. The molecular weight excluding hydrogens is 336 g/mol. The molecule has 0 atom stereocenters. The third kappa shape index (κ3) is 3.15. The molecule has 0 aliphatic carbocycles. The van der Waals surface area contributed by atoms with Gasteiger partial charge in [-0.3, -0.25) is 4.98 Å². The van der Waals surface area contributed by atoms with Gasteiger partial charge >= 0.3 is 0 Å². The second-order valence-corrected chi connectivity index (χ2v) is 6.63. The third-order valence-electron chi connectivity index (χ3n) is 3.09. The molecule has 0 aliphatic heterocycles. The van der Waals surface area contributed by atoms with Gasteiger partial charge in [0.15, 0.2) is 5.84 Å². The second kappa shape index (κ2) is 5.94. The zero-order valence-electron chi connectivity index (χ0n) is 11.7. The Morgan fingerprint density at radius 1 is 1.13 bits per heavy atom. The molecule has 0 saturated heterocycles. The summed E-state index contributed by atoms with van der Waals surface area (Å²) in [7, 11) is -4.06. The summed E-state index contributed by atoms with van der Waals surface area (Å²) in [4.78, 5) is 7.85. The van der Waals surface area contributed by atoms with E-state index in [0.29, 0.717) is 5.52 Å².